The van der Waals surface area contributed by atoms with Gasteiger partial charge in [-0.1, -0.05) is 24.6 Å². The molecule has 19 heavy (non-hydrogen) atoms. The molecule has 1 saturated carbocycles. The Kier molecular flexibility index (Phi) is 3.60. The predicted octanol–water partition coefficient (Wildman–Crippen LogP) is 2.38. The molecule has 1 aliphatic carbocycles. The number of nitrogens with zero attached hydrogens (tertiary/aromatic N) is 2. The van der Waals surface area contributed by atoms with Crippen molar-refractivity contribution in [3.05, 3.63) is 30.5 Å². The number of hydrogen-bond donors (Lipinski definition) is 1. The highest BCUT2D eigenvalue weighted by atomic mass is 16.5. The number of ether oxygens (including phenoxy) is 1. The van der Waals surface area contributed by atoms with Gasteiger partial charge >= 0.3 is 6.01 Å². The number of nitrogens with two attached hydrogens (primary N) is 1. The molecule has 0 saturated heterocycles. The minimum absolute atomic E-state index is 0.473. The second kappa shape index (κ2) is 5.53. The highest BCUT2D eigenvalue weighted by Gasteiger charge is 2.26. The summed E-state index contributed by atoms with van der Waals surface area (Å²) < 4.78 is 5.75. The van der Waals surface area contributed by atoms with Gasteiger partial charge in [-0.3, -0.25) is 0 Å². The number of para-hydroxylation sites is 1. The smallest absolute Gasteiger partial charge is 0.316 e. The van der Waals surface area contributed by atoms with Crippen LogP contribution in [-0.2, 0) is 0 Å². The van der Waals surface area contributed by atoms with E-state index in [1.165, 1.54) is 19.3 Å². The zero-order valence-electron chi connectivity index (χ0n) is 11.0. The van der Waals surface area contributed by atoms with Gasteiger partial charge in [0.1, 0.15) is 0 Å². The Bertz CT molecular complexity index is 558. The van der Waals surface area contributed by atoms with Gasteiger partial charge in [0.2, 0.25) is 0 Å². The molecule has 4 nitrogen and oxygen atoms in total. The summed E-state index contributed by atoms with van der Waals surface area (Å²) in [6.07, 6.45) is 5.50. The number of fused-ring (bicyclic) bond motifs is 1. The van der Waals surface area contributed by atoms with Crippen LogP contribution >= 0.6 is 0 Å². The molecule has 2 N–H and O–H groups in total. The summed E-state index contributed by atoms with van der Waals surface area (Å²) in [5.41, 5.74) is 6.71. The second-order valence-corrected chi connectivity index (χ2v) is 5.21. The summed E-state index contributed by atoms with van der Waals surface area (Å²) in [6, 6.07) is 8.40. The predicted molar refractivity (Wildman–Crippen MR) is 74.9 cm³/mol. The van der Waals surface area contributed by atoms with E-state index in [1.54, 1.807) is 0 Å². The third-order valence-corrected chi connectivity index (χ3v) is 4.01. The molecule has 2 unspecified atom stereocenters. The van der Waals surface area contributed by atoms with Gasteiger partial charge in [0.05, 0.1) is 12.1 Å². The quantitative estimate of drug-likeness (QED) is 0.913. The van der Waals surface area contributed by atoms with Gasteiger partial charge in [-0.2, -0.15) is 4.98 Å². The van der Waals surface area contributed by atoms with Crippen molar-refractivity contribution in [2.75, 3.05) is 13.2 Å². The lowest BCUT2D eigenvalue weighted by molar-refractivity contribution is 0.204. The van der Waals surface area contributed by atoms with Crippen LogP contribution in [-0.4, -0.2) is 23.1 Å². The van der Waals surface area contributed by atoms with Crippen molar-refractivity contribution in [2.24, 2.45) is 17.6 Å². The third-order valence-electron chi connectivity index (χ3n) is 4.01. The van der Waals surface area contributed by atoms with E-state index < -0.39 is 0 Å². The van der Waals surface area contributed by atoms with E-state index in [0.29, 0.717) is 24.5 Å². The highest BCUT2D eigenvalue weighted by Crippen LogP contribution is 2.31. The van der Waals surface area contributed by atoms with Gasteiger partial charge in [-0.15, -0.1) is 0 Å². The van der Waals surface area contributed by atoms with Crippen molar-refractivity contribution < 1.29 is 4.74 Å². The average molecular weight is 257 g/mol. The van der Waals surface area contributed by atoms with Crippen LogP contribution in [0.15, 0.2) is 30.5 Å². The first-order valence-electron chi connectivity index (χ1n) is 6.91. The molecule has 4 heteroatoms. The second-order valence-electron chi connectivity index (χ2n) is 5.21. The number of rotatable bonds is 4. The minimum Gasteiger partial charge on any atom is -0.463 e. The van der Waals surface area contributed by atoms with Crippen molar-refractivity contribution in [1.29, 1.82) is 0 Å². The summed E-state index contributed by atoms with van der Waals surface area (Å²) in [7, 11) is 0. The fourth-order valence-corrected chi connectivity index (χ4v) is 2.85. The van der Waals surface area contributed by atoms with Crippen molar-refractivity contribution in [3.8, 4) is 6.01 Å². The van der Waals surface area contributed by atoms with Crippen LogP contribution in [0, 0.1) is 11.8 Å². The SMILES string of the molecule is NCC1CCCC1COc1ncc2ccccc2n1. The van der Waals surface area contributed by atoms with Crippen molar-refractivity contribution in [3.63, 3.8) is 0 Å². The fraction of sp³-hybridized carbons (Fsp3) is 0.467. The lowest BCUT2D eigenvalue weighted by Crippen LogP contribution is -2.23. The maximum Gasteiger partial charge on any atom is 0.316 e. The number of benzene rings is 1. The Morgan fingerprint density at radius 3 is 2.95 bits per heavy atom. The number of aromatic nitrogens is 2. The molecule has 0 spiro atoms. The zero-order chi connectivity index (χ0) is 13.1. The first-order valence-corrected chi connectivity index (χ1v) is 6.91. The molecule has 3 rings (SSSR count). The Balaban J connectivity index is 1.68. The van der Waals surface area contributed by atoms with Crippen LogP contribution in [0.2, 0.25) is 0 Å². The molecular weight excluding hydrogens is 238 g/mol. The molecule has 1 aliphatic rings. The van der Waals surface area contributed by atoms with E-state index in [-0.39, 0.29) is 0 Å². The van der Waals surface area contributed by atoms with Crippen molar-refractivity contribution in [2.45, 2.75) is 19.3 Å². The largest absolute Gasteiger partial charge is 0.463 e. The average Bonchev–Trinajstić information content (AvgIpc) is 2.92. The van der Waals surface area contributed by atoms with Crippen LogP contribution in [0.5, 0.6) is 6.01 Å². The van der Waals surface area contributed by atoms with Gasteiger partial charge in [0.15, 0.2) is 0 Å². The van der Waals surface area contributed by atoms with Crippen LogP contribution in [0.4, 0.5) is 0 Å². The normalized spacial score (nSPS) is 22.8. The molecule has 2 atom stereocenters. The molecule has 0 bridgehead atoms. The summed E-state index contributed by atoms with van der Waals surface area (Å²) in [5, 5.41) is 1.04. The van der Waals surface area contributed by atoms with E-state index in [2.05, 4.69) is 9.97 Å². The van der Waals surface area contributed by atoms with E-state index in [4.69, 9.17) is 10.5 Å². The van der Waals surface area contributed by atoms with Crippen LogP contribution < -0.4 is 10.5 Å². The first kappa shape index (κ1) is 12.4. The summed E-state index contributed by atoms with van der Waals surface area (Å²) in [5.74, 6) is 1.15. The Morgan fingerprint density at radius 1 is 1.21 bits per heavy atom. The topological polar surface area (TPSA) is 61.0 Å². The summed E-state index contributed by atoms with van der Waals surface area (Å²) in [6.45, 7) is 1.44. The molecule has 1 aromatic carbocycles. The van der Waals surface area contributed by atoms with Gasteiger partial charge < -0.3 is 10.5 Å². The minimum atomic E-state index is 0.473. The molecule has 2 aromatic rings. The molecule has 1 heterocycles. The molecule has 0 radical (unpaired) electrons. The van der Waals surface area contributed by atoms with E-state index >= 15 is 0 Å². The molecular formula is C15H19N3O. The van der Waals surface area contributed by atoms with Gasteiger partial charge in [-0.05, 0) is 37.3 Å². The van der Waals surface area contributed by atoms with Gasteiger partial charge in [0.25, 0.3) is 0 Å². The lowest BCUT2D eigenvalue weighted by Gasteiger charge is -2.17. The van der Waals surface area contributed by atoms with E-state index in [0.717, 1.165) is 17.4 Å². The molecule has 0 amide bonds. The van der Waals surface area contributed by atoms with E-state index in [1.807, 2.05) is 30.5 Å². The van der Waals surface area contributed by atoms with Crippen molar-refractivity contribution in [1.82, 2.24) is 9.97 Å². The molecule has 1 fully saturated rings. The fourth-order valence-electron chi connectivity index (χ4n) is 2.85. The molecule has 0 aliphatic heterocycles. The van der Waals surface area contributed by atoms with E-state index in [9.17, 15) is 0 Å². The van der Waals surface area contributed by atoms with Crippen LogP contribution in [0.25, 0.3) is 10.9 Å². The molecule has 100 valence electrons. The van der Waals surface area contributed by atoms with Crippen molar-refractivity contribution >= 4 is 10.9 Å². The maximum absolute atomic E-state index is 5.78. The maximum atomic E-state index is 5.78. The number of hydrogen-bond acceptors (Lipinski definition) is 4. The highest BCUT2D eigenvalue weighted by molar-refractivity contribution is 5.77. The third kappa shape index (κ3) is 2.68. The Labute approximate surface area is 113 Å². The zero-order valence-corrected chi connectivity index (χ0v) is 11.0. The van der Waals surface area contributed by atoms with Crippen LogP contribution in [0.1, 0.15) is 19.3 Å². The van der Waals surface area contributed by atoms with Crippen LogP contribution in [0.3, 0.4) is 0 Å². The standard InChI is InChI=1S/C15H19N3O/c16-8-11-5-3-6-13(11)10-19-15-17-9-12-4-1-2-7-14(12)18-15/h1-2,4,7,9,11,13H,3,5-6,8,10,16H2. The Morgan fingerprint density at radius 2 is 2.05 bits per heavy atom. The summed E-state index contributed by atoms with van der Waals surface area (Å²) >= 11 is 0. The lowest BCUT2D eigenvalue weighted by atomic mass is 9.97. The Hall–Kier alpha value is -1.68. The summed E-state index contributed by atoms with van der Waals surface area (Å²) in [4.78, 5) is 8.68. The first-order chi connectivity index (χ1) is 9.36. The molecule has 1 aromatic heterocycles. The van der Waals surface area contributed by atoms with Gasteiger partial charge in [-0.25, -0.2) is 4.98 Å². The van der Waals surface area contributed by atoms with Gasteiger partial charge in [0, 0.05) is 11.6 Å². The monoisotopic (exact) mass is 257 g/mol.